The van der Waals surface area contributed by atoms with Crippen molar-refractivity contribution in [2.24, 2.45) is 0 Å². The molecule has 0 bridgehead atoms. The maximum Gasteiger partial charge on any atom is 0.225 e. The number of carbonyl (C=O) groups is 1. The Morgan fingerprint density at radius 2 is 1.81 bits per heavy atom. The lowest BCUT2D eigenvalue weighted by Gasteiger charge is -2.31. The highest BCUT2D eigenvalue weighted by Gasteiger charge is 2.25. The highest BCUT2D eigenvalue weighted by atomic mass is 16.5. The van der Waals surface area contributed by atoms with E-state index in [2.05, 4.69) is 11.1 Å². The normalized spacial score (nSPS) is 15.3. The fourth-order valence-corrected chi connectivity index (χ4v) is 3.50. The molecule has 0 unspecified atom stereocenters. The van der Waals surface area contributed by atoms with E-state index >= 15 is 0 Å². The van der Waals surface area contributed by atoms with Gasteiger partial charge in [-0.3, -0.25) is 4.79 Å². The molecule has 0 aliphatic carbocycles. The van der Waals surface area contributed by atoms with Gasteiger partial charge in [-0.25, -0.2) is 4.98 Å². The number of ether oxygens (including phenoxy) is 1. The molecule has 0 radical (unpaired) electrons. The summed E-state index contributed by atoms with van der Waals surface area (Å²) in [4.78, 5) is 22.5. The van der Waals surface area contributed by atoms with Crippen molar-refractivity contribution in [1.29, 1.82) is 0 Å². The molecule has 5 heteroatoms. The number of nitrogens with zero attached hydrogens (tertiary/aromatic N) is 2. The molecule has 5 nitrogen and oxygen atoms in total. The fourth-order valence-electron chi connectivity index (χ4n) is 3.50. The first-order valence-corrected chi connectivity index (χ1v) is 9.20. The number of hydrogen-bond donors (Lipinski definition) is 1. The number of fused-ring (bicyclic) bond motifs is 1. The molecular formula is C21H23N3O2. The quantitative estimate of drug-likeness (QED) is 0.763. The third-order valence-corrected chi connectivity index (χ3v) is 4.97. The number of likely N-dealkylation sites (tertiary alicyclic amines) is 1. The Morgan fingerprint density at radius 1 is 1.08 bits per heavy atom. The van der Waals surface area contributed by atoms with E-state index in [0.717, 1.165) is 48.5 Å². The third kappa shape index (κ3) is 3.72. The molecule has 0 spiro atoms. The van der Waals surface area contributed by atoms with Crippen molar-refractivity contribution in [3.05, 3.63) is 60.4 Å². The molecular weight excluding hydrogens is 326 g/mol. The van der Waals surface area contributed by atoms with E-state index in [1.165, 1.54) is 0 Å². The molecule has 26 heavy (non-hydrogen) atoms. The summed E-state index contributed by atoms with van der Waals surface area (Å²) in [5, 5.41) is 0. The van der Waals surface area contributed by atoms with Crippen LogP contribution in [0.4, 0.5) is 0 Å². The number of H-pyrrole nitrogens is 1. The molecule has 0 atom stereocenters. The number of carbonyl (C=O) groups excluding carboxylic acids is 1. The molecule has 1 N–H and O–H groups in total. The summed E-state index contributed by atoms with van der Waals surface area (Å²) in [5.41, 5.74) is 2.10. The largest absolute Gasteiger partial charge is 0.493 e. The van der Waals surface area contributed by atoms with Crippen LogP contribution in [0.15, 0.2) is 54.6 Å². The Hall–Kier alpha value is -2.82. The van der Waals surface area contributed by atoms with Crippen molar-refractivity contribution < 1.29 is 9.53 Å². The van der Waals surface area contributed by atoms with Crippen molar-refractivity contribution >= 4 is 16.9 Å². The molecule has 2 heterocycles. The van der Waals surface area contributed by atoms with Gasteiger partial charge >= 0.3 is 0 Å². The van der Waals surface area contributed by atoms with Gasteiger partial charge in [0.15, 0.2) is 0 Å². The number of aromatic amines is 1. The van der Waals surface area contributed by atoms with Crippen LogP contribution in [0.25, 0.3) is 11.0 Å². The molecule has 1 amide bonds. The van der Waals surface area contributed by atoms with Gasteiger partial charge in [0.25, 0.3) is 0 Å². The van der Waals surface area contributed by atoms with Gasteiger partial charge in [0.05, 0.1) is 24.1 Å². The lowest BCUT2D eigenvalue weighted by molar-refractivity contribution is -0.132. The van der Waals surface area contributed by atoms with Crippen LogP contribution in [-0.4, -0.2) is 40.5 Å². The van der Waals surface area contributed by atoms with Crippen molar-refractivity contribution in [1.82, 2.24) is 14.9 Å². The van der Waals surface area contributed by atoms with Crippen molar-refractivity contribution in [3.8, 4) is 5.75 Å². The van der Waals surface area contributed by atoms with E-state index in [9.17, 15) is 4.79 Å². The molecule has 1 saturated heterocycles. The van der Waals surface area contributed by atoms with Gasteiger partial charge in [0.2, 0.25) is 5.91 Å². The topological polar surface area (TPSA) is 58.2 Å². The second kappa shape index (κ2) is 7.60. The van der Waals surface area contributed by atoms with Crippen LogP contribution in [0, 0.1) is 0 Å². The molecule has 1 aliphatic rings. The predicted octanol–water partition coefficient (Wildman–Crippen LogP) is 3.74. The second-order valence-electron chi connectivity index (χ2n) is 6.71. The van der Waals surface area contributed by atoms with Crippen molar-refractivity contribution in [2.75, 3.05) is 19.7 Å². The number of nitrogens with one attached hydrogen (secondary N) is 1. The van der Waals surface area contributed by atoms with E-state index < -0.39 is 0 Å². The van der Waals surface area contributed by atoms with E-state index in [4.69, 9.17) is 9.72 Å². The first-order chi connectivity index (χ1) is 12.8. The Kier molecular flexibility index (Phi) is 4.86. The molecule has 3 aromatic rings. The molecule has 134 valence electrons. The van der Waals surface area contributed by atoms with E-state index in [0.29, 0.717) is 18.9 Å². The van der Waals surface area contributed by atoms with Gasteiger partial charge in [-0.05, 0) is 37.1 Å². The van der Waals surface area contributed by atoms with Gasteiger partial charge in [-0.2, -0.15) is 0 Å². The first kappa shape index (κ1) is 16.6. The Bertz CT molecular complexity index is 834. The lowest BCUT2D eigenvalue weighted by atomic mass is 9.96. The van der Waals surface area contributed by atoms with E-state index in [-0.39, 0.29) is 5.91 Å². The van der Waals surface area contributed by atoms with Crippen molar-refractivity contribution in [2.45, 2.75) is 25.2 Å². The molecule has 1 fully saturated rings. The smallest absolute Gasteiger partial charge is 0.225 e. The van der Waals surface area contributed by atoms with Gasteiger partial charge in [0, 0.05) is 19.0 Å². The maximum absolute atomic E-state index is 12.4. The van der Waals surface area contributed by atoms with E-state index in [1.807, 2.05) is 53.4 Å². The summed E-state index contributed by atoms with van der Waals surface area (Å²) < 4.78 is 5.63. The zero-order valence-electron chi connectivity index (χ0n) is 14.7. The highest BCUT2D eigenvalue weighted by molar-refractivity contribution is 5.76. The summed E-state index contributed by atoms with van der Waals surface area (Å²) in [6.07, 6.45) is 2.32. The summed E-state index contributed by atoms with van der Waals surface area (Å²) >= 11 is 0. The van der Waals surface area contributed by atoms with Crippen molar-refractivity contribution in [3.63, 3.8) is 0 Å². The zero-order valence-corrected chi connectivity index (χ0v) is 14.7. The number of benzene rings is 2. The summed E-state index contributed by atoms with van der Waals surface area (Å²) in [6.45, 7) is 1.99. The Balaban J connectivity index is 1.27. The standard InChI is InChI=1S/C21H23N3O2/c25-20(12-15-26-17-6-2-1-3-7-17)24-13-10-16(11-14-24)21-22-18-8-4-5-9-19(18)23-21/h1-9,16H,10-15H2,(H,22,23). The Labute approximate surface area is 153 Å². The minimum atomic E-state index is 0.170. The van der Waals surface area contributed by atoms with Gasteiger partial charge in [0.1, 0.15) is 11.6 Å². The average Bonchev–Trinajstić information content (AvgIpc) is 3.13. The number of amides is 1. The molecule has 1 aromatic heterocycles. The summed E-state index contributed by atoms with van der Waals surface area (Å²) in [6, 6.07) is 17.7. The SMILES string of the molecule is O=C(CCOc1ccccc1)N1CCC(c2nc3ccccc3[nH]2)CC1. The third-order valence-electron chi connectivity index (χ3n) is 4.97. The van der Waals surface area contributed by atoms with Gasteiger partial charge < -0.3 is 14.6 Å². The first-order valence-electron chi connectivity index (χ1n) is 9.20. The molecule has 0 saturated carbocycles. The van der Waals surface area contributed by atoms with E-state index in [1.54, 1.807) is 0 Å². The highest BCUT2D eigenvalue weighted by Crippen LogP contribution is 2.28. The van der Waals surface area contributed by atoms with Crippen LogP contribution in [0.5, 0.6) is 5.75 Å². The maximum atomic E-state index is 12.4. The number of hydrogen-bond acceptors (Lipinski definition) is 3. The minimum absolute atomic E-state index is 0.170. The van der Waals surface area contributed by atoms with Crippen LogP contribution in [0.3, 0.4) is 0 Å². The number of piperidine rings is 1. The molecule has 2 aromatic carbocycles. The van der Waals surface area contributed by atoms with Crippen LogP contribution < -0.4 is 4.74 Å². The lowest BCUT2D eigenvalue weighted by Crippen LogP contribution is -2.38. The fraction of sp³-hybridized carbons (Fsp3) is 0.333. The minimum Gasteiger partial charge on any atom is -0.493 e. The average molecular weight is 349 g/mol. The molecule has 1 aliphatic heterocycles. The van der Waals surface area contributed by atoms with Crippen LogP contribution in [0.1, 0.15) is 31.0 Å². The van der Waals surface area contributed by atoms with Crippen LogP contribution >= 0.6 is 0 Å². The number of rotatable bonds is 5. The van der Waals surface area contributed by atoms with Gasteiger partial charge in [-0.15, -0.1) is 0 Å². The summed E-state index contributed by atoms with van der Waals surface area (Å²) in [7, 11) is 0. The zero-order chi connectivity index (χ0) is 17.8. The van der Waals surface area contributed by atoms with Crippen LogP contribution in [-0.2, 0) is 4.79 Å². The number of para-hydroxylation sites is 3. The second-order valence-corrected chi connectivity index (χ2v) is 6.71. The van der Waals surface area contributed by atoms with Crippen LogP contribution in [0.2, 0.25) is 0 Å². The number of aromatic nitrogens is 2. The Morgan fingerprint density at radius 3 is 2.58 bits per heavy atom. The molecule has 4 rings (SSSR count). The predicted molar refractivity (Wildman–Crippen MR) is 101 cm³/mol. The summed E-state index contributed by atoms with van der Waals surface area (Å²) in [5.74, 6) is 2.42. The number of imidazole rings is 1. The monoisotopic (exact) mass is 349 g/mol. The van der Waals surface area contributed by atoms with Gasteiger partial charge in [-0.1, -0.05) is 30.3 Å².